The van der Waals surface area contributed by atoms with Gasteiger partial charge in [-0.05, 0) is 43.3 Å². The fraction of sp³-hybridized carbons (Fsp3) is 0.417. The minimum Gasteiger partial charge on any atom is -0.394 e. The van der Waals surface area contributed by atoms with Gasteiger partial charge in [0.15, 0.2) is 5.11 Å². The Balaban J connectivity index is 2.58. The molecule has 0 spiro atoms. The van der Waals surface area contributed by atoms with E-state index in [4.69, 9.17) is 28.9 Å². The average Bonchev–Trinajstić information content (AvgIpc) is 2.31. The van der Waals surface area contributed by atoms with E-state index in [9.17, 15) is 0 Å². The van der Waals surface area contributed by atoms with E-state index < -0.39 is 0 Å². The number of hydrogen-bond acceptors (Lipinski definition) is 2. The number of anilines is 1. The molecule has 1 rings (SSSR count). The Hall–Kier alpha value is -0.840. The average molecular weight is 273 g/mol. The normalized spacial score (nSPS) is 12.0. The summed E-state index contributed by atoms with van der Waals surface area (Å²) in [6.07, 6.45) is 0.812. The van der Waals surface area contributed by atoms with Gasteiger partial charge >= 0.3 is 0 Å². The Labute approximate surface area is 112 Å². The summed E-state index contributed by atoms with van der Waals surface area (Å²) >= 11 is 11.2. The third-order valence-electron chi connectivity index (χ3n) is 2.48. The molecule has 0 aliphatic carbocycles. The first-order valence-corrected chi connectivity index (χ1v) is 6.30. The molecular weight excluding hydrogens is 256 g/mol. The van der Waals surface area contributed by atoms with E-state index in [1.807, 2.05) is 32.0 Å². The maximum atomic E-state index is 9.05. The fourth-order valence-electron chi connectivity index (χ4n) is 1.30. The number of thiocarbonyl (C=S) groups is 1. The summed E-state index contributed by atoms with van der Waals surface area (Å²) in [4.78, 5) is 0. The van der Waals surface area contributed by atoms with E-state index in [1.54, 1.807) is 0 Å². The predicted octanol–water partition coefficient (Wildman–Crippen LogP) is 2.71. The second-order valence-corrected chi connectivity index (χ2v) is 4.67. The maximum absolute atomic E-state index is 9.05. The summed E-state index contributed by atoms with van der Waals surface area (Å²) in [6, 6.07) is 5.65. The van der Waals surface area contributed by atoms with Gasteiger partial charge in [-0.3, -0.25) is 0 Å². The molecular formula is C12H17ClN2OS. The highest BCUT2D eigenvalue weighted by Crippen LogP contribution is 2.19. The summed E-state index contributed by atoms with van der Waals surface area (Å²) in [5, 5.41) is 16.3. The van der Waals surface area contributed by atoms with Gasteiger partial charge in [0.1, 0.15) is 0 Å². The molecule has 0 aromatic heterocycles. The van der Waals surface area contributed by atoms with E-state index in [0.717, 1.165) is 17.7 Å². The van der Waals surface area contributed by atoms with Crippen molar-refractivity contribution >= 4 is 34.6 Å². The van der Waals surface area contributed by atoms with Crippen LogP contribution in [0.4, 0.5) is 5.69 Å². The van der Waals surface area contributed by atoms with Crippen molar-refractivity contribution in [1.29, 1.82) is 0 Å². The molecule has 1 aromatic rings. The lowest BCUT2D eigenvalue weighted by Gasteiger charge is -2.17. The molecule has 0 radical (unpaired) electrons. The lowest BCUT2D eigenvalue weighted by Crippen LogP contribution is -2.39. The van der Waals surface area contributed by atoms with Crippen LogP contribution in [0.15, 0.2) is 18.2 Å². The van der Waals surface area contributed by atoms with E-state index >= 15 is 0 Å². The molecule has 0 heterocycles. The van der Waals surface area contributed by atoms with Crippen molar-refractivity contribution in [2.75, 3.05) is 11.9 Å². The monoisotopic (exact) mass is 272 g/mol. The van der Waals surface area contributed by atoms with Crippen molar-refractivity contribution in [3.63, 3.8) is 0 Å². The van der Waals surface area contributed by atoms with Crippen molar-refractivity contribution in [1.82, 2.24) is 5.32 Å². The van der Waals surface area contributed by atoms with Crippen molar-refractivity contribution in [3.05, 3.63) is 28.8 Å². The van der Waals surface area contributed by atoms with Crippen LogP contribution in [0, 0.1) is 6.92 Å². The van der Waals surface area contributed by atoms with Crippen LogP contribution < -0.4 is 10.6 Å². The summed E-state index contributed by atoms with van der Waals surface area (Å²) < 4.78 is 0. The molecule has 1 atom stereocenters. The lowest BCUT2D eigenvalue weighted by atomic mass is 10.2. The van der Waals surface area contributed by atoms with Gasteiger partial charge in [0.25, 0.3) is 0 Å². The van der Waals surface area contributed by atoms with Gasteiger partial charge in [-0.15, -0.1) is 0 Å². The topological polar surface area (TPSA) is 44.3 Å². The number of aryl methyl sites for hydroxylation is 1. The highest BCUT2D eigenvalue weighted by molar-refractivity contribution is 7.80. The maximum Gasteiger partial charge on any atom is 0.171 e. The van der Waals surface area contributed by atoms with Crippen LogP contribution in [0.2, 0.25) is 5.02 Å². The Morgan fingerprint density at radius 1 is 1.53 bits per heavy atom. The van der Waals surface area contributed by atoms with E-state index in [-0.39, 0.29) is 12.6 Å². The van der Waals surface area contributed by atoms with Crippen molar-refractivity contribution in [3.8, 4) is 0 Å². The number of aliphatic hydroxyl groups is 1. The van der Waals surface area contributed by atoms with Gasteiger partial charge in [0, 0.05) is 10.7 Å². The van der Waals surface area contributed by atoms with Gasteiger partial charge in [-0.25, -0.2) is 0 Å². The SMILES string of the molecule is CCC(CO)NC(=S)Nc1ccc(C)c(Cl)c1. The first-order valence-electron chi connectivity index (χ1n) is 5.51. The molecule has 0 bridgehead atoms. The molecule has 1 aromatic carbocycles. The Kier molecular flexibility index (Phi) is 5.68. The van der Waals surface area contributed by atoms with Crippen LogP contribution in [-0.2, 0) is 0 Å². The zero-order valence-electron chi connectivity index (χ0n) is 9.96. The van der Waals surface area contributed by atoms with E-state index in [2.05, 4.69) is 10.6 Å². The Bertz CT molecular complexity index is 394. The standard InChI is InChI=1S/C12H17ClN2OS/c1-3-9(7-16)14-12(17)15-10-5-4-8(2)11(13)6-10/h4-6,9,16H,3,7H2,1-2H3,(H2,14,15,17). The summed E-state index contributed by atoms with van der Waals surface area (Å²) in [5.74, 6) is 0. The fourth-order valence-corrected chi connectivity index (χ4v) is 1.77. The van der Waals surface area contributed by atoms with Crippen LogP contribution in [0.3, 0.4) is 0 Å². The quantitative estimate of drug-likeness (QED) is 0.738. The van der Waals surface area contributed by atoms with Crippen LogP contribution in [0.1, 0.15) is 18.9 Å². The van der Waals surface area contributed by atoms with Gasteiger partial charge < -0.3 is 15.7 Å². The molecule has 0 aliphatic rings. The van der Waals surface area contributed by atoms with Gasteiger partial charge in [0.05, 0.1) is 12.6 Å². The molecule has 3 nitrogen and oxygen atoms in total. The number of halogens is 1. The Morgan fingerprint density at radius 3 is 2.76 bits per heavy atom. The van der Waals surface area contributed by atoms with Gasteiger partial charge in [0.2, 0.25) is 0 Å². The minimum atomic E-state index is -0.0177. The lowest BCUT2D eigenvalue weighted by molar-refractivity contribution is 0.253. The van der Waals surface area contributed by atoms with Crippen LogP contribution in [0.25, 0.3) is 0 Å². The number of benzene rings is 1. The number of hydrogen-bond donors (Lipinski definition) is 3. The first-order chi connectivity index (χ1) is 8.06. The molecule has 3 N–H and O–H groups in total. The number of nitrogens with one attached hydrogen (secondary N) is 2. The molecule has 5 heteroatoms. The van der Waals surface area contributed by atoms with E-state index in [0.29, 0.717) is 10.1 Å². The van der Waals surface area contributed by atoms with Crippen molar-refractivity contribution in [2.45, 2.75) is 26.3 Å². The molecule has 0 amide bonds. The third kappa shape index (κ3) is 4.50. The second kappa shape index (κ2) is 6.79. The molecule has 1 unspecified atom stereocenters. The summed E-state index contributed by atoms with van der Waals surface area (Å²) in [7, 11) is 0. The van der Waals surface area contributed by atoms with Crippen LogP contribution >= 0.6 is 23.8 Å². The molecule has 0 fully saturated rings. The highest BCUT2D eigenvalue weighted by atomic mass is 35.5. The molecule has 0 aliphatic heterocycles. The molecule has 94 valence electrons. The highest BCUT2D eigenvalue weighted by Gasteiger charge is 2.06. The zero-order chi connectivity index (χ0) is 12.8. The second-order valence-electron chi connectivity index (χ2n) is 3.85. The summed E-state index contributed by atoms with van der Waals surface area (Å²) in [5.41, 5.74) is 1.86. The largest absolute Gasteiger partial charge is 0.394 e. The smallest absolute Gasteiger partial charge is 0.171 e. The van der Waals surface area contributed by atoms with Crippen LogP contribution in [-0.4, -0.2) is 22.9 Å². The van der Waals surface area contributed by atoms with Crippen molar-refractivity contribution < 1.29 is 5.11 Å². The molecule has 17 heavy (non-hydrogen) atoms. The molecule has 0 saturated carbocycles. The van der Waals surface area contributed by atoms with Crippen molar-refractivity contribution in [2.24, 2.45) is 0 Å². The summed E-state index contributed by atoms with van der Waals surface area (Å²) in [6.45, 7) is 3.99. The third-order valence-corrected chi connectivity index (χ3v) is 3.11. The number of rotatable bonds is 4. The molecule has 0 saturated heterocycles. The Morgan fingerprint density at radius 2 is 2.24 bits per heavy atom. The van der Waals surface area contributed by atoms with E-state index in [1.165, 1.54) is 0 Å². The predicted molar refractivity (Wildman–Crippen MR) is 76.7 cm³/mol. The van der Waals surface area contributed by atoms with Gasteiger partial charge in [-0.2, -0.15) is 0 Å². The minimum absolute atomic E-state index is 0.0177. The number of aliphatic hydroxyl groups excluding tert-OH is 1. The van der Waals surface area contributed by atoms with Crippen LogP contribution in [0.5, 0.6) is 0 Å². The first kappa shape index (κ1) is 14.2. The zero-order valence-corrected chi connectivity index (χ0v) is 11.5. The van der Waals surface area contributed by atoms with Gasteiger partial charge in [-0.1, -0.05) is 24.6 Å².